The first-order chi connectivity index (χ1) is 12.8. The zero-order valence-electron chi connectivity index (χ0n) is 16.3. The van der Waals surface area contributed by atoms with Gasteiger partial charge in [-0.2, -0.15) is 5.10 Å². The molecule has 0 saturated heterocycles. The Kier molecular flexibility index (Phi) is 5.31. The maximum Gasteiger partial charge on any atom is 0.274 e. The van der Waals surface area contributed by atoms with Crippen LogP contribution in [0.2, 0.25) is 0 Å². The monoisotopic (exact) mass is 367 g/mol. The van der Waals surface area contributed by atoms with Crippen LogP contribution in [0.25, 0.3) is 0 Å². The molecule has 0 saturated carbocycles. The second kappa shape index (κ2) is 7.51. The van der Waals surface area contributed by atoms with Gasteiger partial charge in [-0.1, -0.05) is 25.1 Å². The van der Waals surface area contributed by atoms with E-state index in [2.05, 4.69) is 55.3 Å². The Hall–Kier alpha value is -2.69. The quantitative estimate of drug-likeness (QED) is 0.629. The lowest BCUT2D eigenvalue weighted by atomic mass is 9.79. The average molecular weight is 367 g/mol. The molecule has 0 aromatic heterocycles. The molecule has 5 heteroatoms. The second-order valence-electron chi connectivity index (χ2n) is 7.66. The van der Waals surface area contributed by atoms with Gasteiger partial charge in [0.05, 0.1) is 11.8 Å². The van der Waals surface area contributed by atoms with Crippen LogP contribution in [0.15, 0.2) is 47.6 Å². The van der Waals surface area contributed by atoms with Crippen LogP contribution < -0.4 is 10.3 Å². The molecular formula is C22H26FN3O. The molecule has 27 heavy (non-hydrogen) atoms. The van der Waals surface area contributed by atoms with Crippen molar-refractivity contribution >= 4 is 17.8 Å². The van der Waals surface area contributed by atoms with Gasteiger partial charge >= 0.3 is 0 Å². The molecule has 2 aromatic rings. The van der Waals surface area contributed by atoms with Gasteiger partial charge in [-0.15, -0.1) is 0 Å². The SMILES string of the molecule is CCN1c2ccc(/C=N\NC(=O)c3ccccc3F)cc2C(C)CC1(C)C. The first-order valence-electron chi connectivity index (χ1n) is 9.33. The highest BCUT2D eigenvalue weighted by molar-refractivity contribution is 5.95. The molecule has 0 bridgehead atoms. The third-order valence-electron chi connectivity index (χ3n) is 5.22. The van der Waals surface area contributed by atoms with Gasteiger partial charge < -0.3 is 4.90 Å². The van der Waals surface area contributed by atoms with Crippen molar-refractivity contribution < 1.29 is 9.18 Å². The fraction of sp³-hybridized carbons (Fsp3) is 0.364. The van der Waals surface area contributed by atoms with Crippen LogP contribution in [0.4, 0.5) is 10.1 Å². The predicted molar refractivity (Wildman–Crippen MR) is 108 cm³/mol. The predicted octanol–water partition coefficient (Wildman–Crippen LogP) is 4.70. The first kappa shape index (κ1) is 19.1. The lowest BCUT2D eigenvalue weighted by Crippen LogP contribution is -2.48. The van der Waals surface area contributed by atoms with E-state index in [9.17, 15) is 9.18 Å². The van der Waals surface area contributed by atoms with Gasteiger partial charge in [0.15, 0.2) is 0 Å². The van der Waals surface area contributed by atoms with E-state index in [4.69, 9.17) is 0 Å². The van der Waals surface area contributed by atoms with Gasteiger partial charge in [-0.25, -0.2) is 9.82 Å². The lowest BCUT2D eigenvalue weighted by Gasteiger charge is -2.47. The van der Waals surface area contributed by atoms with Crippen molar-refractivity contribution in [2.24, 2.45) is 5.10 Å². The smallest absolute Gasteiger partial charge is 0.274 e. The highest BCUT2D eigenvalue weighted by Gasteiger charge is 2.35. The standard InChI is InChI=1S/C22H26FN3O/c1-5-26-20-11-10-16(12-18(20)15(2)13-22(26,3)4)14-24-25-21(27)17-8-6-7-9-19(17)23/h6-12,14-15H,5,13H2,1-4H3,(H,25,27)/b24-14-. The number of carbonyl (C=O) groups is 1. The average Bonchev–Trinajstić information content (AvgIpc) is 2.62. The van der Waals surface area contributed by atoms with Crippen LogP contribution in [-0.2, 0) is 0 Å². The van der Waals surface area contributed by atoms with E-state index < -0.39 is 11.7 Å². The van der Waals surface area contributed by atoms with E-state index in [1.165, 1.54) is 23.4 Å². The number of nitrogens with one attached hydrogen (secondary N) is 1. The van der Waals surface area contributed by atoms with Crippen LogP contribution in [0.3, 0.4) is 0 Å². The summed E-state index contributed by atoms with van der Waals surface area (Å²) in [6.07, 6.45) is 2.68. The van der Waals surface area contributed by atoms with Crippen molar-refractivity contribution in [2.45, 2.75) is 45.6 Å². The number of amides is 1. The van der Waals surface area contributed by atoms with E-state index in [0.717, 1.165) is 18.5 Å². The van der Waals surface area contributed by atoms with Gasteiger partial charge in [-0.05, 0) is 68.5 Å². The molecule has 1 N–H and O–H groups in total. The van der Waals surface area contributed by atoms with Crippen molar-refractivity contribution in [3.05, 3.63) is 65.0 Å². The molecule has 1 aliphatic rings. The maximum absolute atomic E-state index is 13.6. The van der Waals surface area contributed by atoms with E-state index >= 15 is 0 Å². The first-order valence-corrected chi connectivity index (χ1v) is 9.33. The summed E-state index contributed by atoms with van der Waals surface area (Å²) in [5.41, 5.74) is 5.96. The highest BCUT2D eigenvalue weighted by atomic mass is 19.1. The number of halogens is 1. The Morgan fingerprint density at radius 3 is 2.78 bits per heavy atom. The van der Waals surface area contributed by atoms with Gasteiger partial charge in [-0.3, -0.25) is 4.79 Å². The molecule has 0 fully saturated rings. The summed E-state index contributed by atoms with van der Waals surface area (Å²) in [5.74, 6) is -0.677. The molecule has 4 nitrogen and oxygen atoms in total. The van der Waals surface area contributed by atoms with Crippen LogP contribution in [0.1, 0.15) is 61.5 Å². The maximum atomic E-state index is 13.6. The summed E-state index contributed by atoms with van der Waals surface area (Å²) < 4.78 is 13.6. The third kappa shape index (κ3) is 3.87. The Morgan fingerprint density at radius 2 is 2.07 bits per heavy atom. The summed E-state index contributed by atoms with van der Waals surface area (Å²) >= 11 is 0. The van der Waals surface area contributed by atoms with E-state index in [0.29, 0.717) is 5.92 Å². The largest absolute Gasteiger partial charge is 0.366 e. The fourth-order valence-electron chi connectivity index (χ4n) is 4.06. The molecule has 1 heterocycles. The Labute approximate surface area is 160 Å². The second-order valence-corrected chi connectivity index (χ2v) is 7.66. The number of hydrogen-bond acceptors (Lipinski definition) is 3. The van der Waals surface area contributed by atoms with E-state index in [1.54, 1.807) is 18.3 Å². The Bertz CT molecular complexity index is 876. The van der Waals surface area contributed by atoms with Crippen LogP contribution in [0, 0.1) is 5.82 Å². The molecule has 1 amide bonds. The summed E-state index contributed by atoms with van der Waals surface area (Å²) in [5, 5.41) is 4.00. The number of benzene rings is 2. The zero-order chi connectivity index (χ0) is 19.6. The molecular weight excluding hydrogens is 341 g/mol. The molecule has 1 aliphatic heterocycles. The summed E-state index contributed by atoms with van der Waals surface area (Å²) in [6.45, 7) is 9.94. The van der Waals surface area contributed by atoms with Gasteiger partial charge in [0.2, 0.25) is 0 Å². The highest BCUT2D eigenvalue weighted by Crippen LogP contribution is 2.43. The van der Waals surface area contributed by atoms with Crippen molar-refractivity contribution in [3.63, 3.8) is 0 Å². The van der Waals surface area contributed by atoms with Crippen molar-refractivity contribution in [2.75, 3.05) is 11.4 Å². The number of hydrogen-bond donors (Lipinski definition) is 1. The Morgan fingerprint density at radius 1 is 1.33 bits per heavy atom. The Balaban J connectivity index is 1.78. The molecule has 0 spiro atoms. The number of carbonyl (C=O) groups excluding carboxylic acids is 1. The van der Waals surface area contributed by atoms with Gasteiger partial charge in [0.1, 0.15) is 5.82 Å². The van der Waals surface area contributed by atoms with Crippen molar-refractivity contribution in [1.29, 1.82) is 0 Å². The van der Waals surface area contributed by atoms with E-state index in [1.807, 2.05) is 6.07 Å². The molecule has 3 rings (SSSR count). The number of anilines is 1. The minimum Gasteiger partial charge on any atom is -0.366 e. The minimum absolute atomic E-state index is 0.0190. The topological polar surface area (TPSA) is 44.7 Å². The van der Waals surface area contributed by atoms with E-state index in [-0.39, 0.29) is 11.1 Å². The van der Waals surface area contributed by atoms with Crippen LogP contribution in [-0.4, -0.2) is 24.2 Å². The van der Waals surface area contributed by atoms with Crippen molar-refractivity contribution in [3.8, 4) is 0 Å². The number of nitrogens with zero attached hydrogens (tertiary/aromatic N) is 2. The molecule has 1 atom stereocenters. The molecule has 142 valence electrons. The summed E-state index contributed by atoms with van der Waals surface area (Å²) in [4.78, 5) is 14.5. The number of rotatable bonds is 4. The summed E-state index contributed by atoms with van der Waals surface area (Å²) in [6, 6.07) is 12.1. The van der Waals surface area contributed by atoms with Crippen molar-refractivity contribution in [1.82, 2.24) is 5.43 Å². The molecule has 2 aromatic carbocycles. The zero-order valence-corrected chi connectivity index (χ0v) is 16.3. The fourth-order valence-corrected chi connectivity index (χ4v) is 4.06. The van der Waals surface area contributed by atoms with Crippen LogP contribution in [0.5, 0.6) is 0 Å². The van der Waals surface area contributed by atoms with Gasteiger partial charge in [0, 0.05) is 17.8 Å². The number of hydrazone groups is 1. The normalized spacial score (nSPS) is 18.4. The molecule has 1 unspecified atom stereocenters. The van der Waals surface area contributed by atoms with Gasteiger partial charge in [0.25, 0.3) is 5.91 Å². The lowest BCUT2D eigenvalue weighted by molar-refractivity contribution is 0.0951. The minimum atomic E-state index is -0.561. The molecule has 0 radical (unpaired) electrons. The third-order valence-corrected chi connectivity index (χ3v) is 5.22. The number of fused-ring (bicyclic) bond motifs is 1. The summed E-state index contributed by atoms with van der Waals surface area (Å²) in [7, 11) is 0. The molecule has 0 aliphatic carbocycles. The van der Waals surface area contributed by atoms with Crippen LogP contribution >= 0.6 is 0 Å².